The fourth-order valence-corrected chi connectivity index (χ4v) is 5.95. The lowest BCUT2D eigenvalue weighted by atomic mass is 9.94. The van der Waals surface area contributed by atoms with Crippen molar-refractivity contribution < 1.29 is 14.4 Å². The molecule has 0 radical (unpaired) electrons. The van der Waals surface area contributed by atoms with E-state index in [0.717, 1.165) is 53.6 Å². The van der Waals surface area contributed by atoms with E-state index >= 15 is 0 Å². The summed E-state index contributed by atoms with van der Waals surface area (Å²) in [6.07, 6.45) is 6.12. The molecular weight excluding hydrogens is 498 g/mol. The van der Waals surface area contributed by atoms with Crippen molar-refractivity contribution in [2.24, 2.45) is 5.10 Å². The van der Waals surface area contributed by atoms with Crippen LogP contribution >= 0.6 is 23.1 Å². The molecule has 3 amide bonds. The van der Waals surface area contributed by atoms with Gasteiger partial charge >= 0.3 is 0 Å². The molecule has 1 aliphatic rings. The number of amides is 3. The number of aryl methyl sites for hydroxylation is 1. The smallest absolute Gasteiger partial charge is 0.250 e. The summed E-state index contributed by atoms with van der Waals surface area (Å²) in [7, 11) is 0. The Kier molecular flexibility index (Phi) is 8.49. The van der Waals surface area contributed by atoms with Crippen LogP contribution in [-0.2, 0) is 33.6 Å². The van der Waals surface area contributed by atoms with E-state index in [1.54, 1.807) is 17.6 Å². The van der Waals surface area contributed by atoms with Crippen LogP contribution < -0.4 is 16.2 Å². The van der Waals surface area contributed by atoms with Gasteiger partial charge in [-0.2, -0.15) is 5.10 Å². The highest BCUT2D eigenvalue weighted by Gasteiger charge is 2.24. The first kappa shape index (κ1) is 25.6. The van der Waals surface area contributed by atoms with Gasteiger partial charge < -0.3 is 5.32 Å². The van der Waals surface area contributed by atoms with E-state index in [1.807, 2.05) is 30.3 Å². The van der Waals surface area contributed by atoms with E-state index in [2.05, 4.69) is 31.5 Å². The van der Waals surface area contributed by atoms with Crippen molar-refractivity contribution in [3.8, 4) is 0 Å². The van der Waals surface area contributed by atoms with Crippen LogP contribution in [0, 0.1) is 0 Å². The highest BCUT2D eigenvalue weighted by atomic mass is 32.2. The molecule has 4 rings (SSSR count). The molecule has 0 atom stereocenters. The molecule has 3 N–H and O–H groups in total. The first-order valence-electron chi connectivity index (χ1n) is 11.5. The van der Waals surface area contributed by atoms with Gasteiger partial charge in [0.05, 0.1) is 17.0 Å². The number of nitrogens with zero attached hydrogens (tertiary/aromatic N) is 4. The van der Waals surface area contributed by atoms with Crippen LogP contribution in [0.2, 0.25) is 0 Å². The van der Waals surface area contributed by atoms with E-state index in [9.17, 15) is 14.4 Å². The van der Waals surface area contributed by atoms with Gasteiger partial charge in [0.2, 0.25) is 17.0 Å². The molecule has 0 aliphatic heterocycles. The molecule has 10 nitrogen and oxygen atoms in total. The molecule has 0 saturated carbocycles. The van der Waals surface area contributed by atoms with Gasteiger partial charge in [-0.05, 0) is 42.4 Å². The van der Waals surface area contributed by atoms with Gasteiger partial charge in [0.15, 0.2) is 5.82 Å². The van der Waals surface area contributed by atoms with Crippen molar-refractivity contribution in [1.29, 1.82) is 0 Å². The SMILES string of the molecule is CC(=O)Nc1sc2c(c1Cc1nnc(SCC(=O)N/N=C/c3ccccc3)n1NC(C)=O)CCCC2. The predicted molar refractivity (Wildman–Crippen MR) is 141 cm³/mol. The van der Waals surface area contributed by atoms with Crippen LogP contribution in [0.4, 0.5) is 5.00 Å². The number of hydrogen-bond acceptors (Lipinski definition) is 8. The summed E-state index contributed by atoms with van der Waals surface area (Å²) in [5.41, 5.74) is 8.37. The zero-order valence-electron chi connectivity index (χ0n) is 20.0. The summed E-state index contributed by atoms with van der Waals surface area (Å²) in [5, 5.41) is 16.6. The molecule has 2 aromatic heterocycles. The molecule has 3 aromatic rings. The molecule has 2 heterocycles. The lowest BCUT2D eigenvalue weighted by Gasteiger charge is -2.14. The van der Waals surface area contributed by atoms with Crippen LogP contribution in [0.25, 0.3) is 0 Å². The van der Waals surface area contributed by atoms with Crippen molar-refractivity contribution in [3.63, 3.8) is 0 Å². The van der Waals surface area contributed by atoms with E-state index in [-0.39, 0.29) is 23.5 Å². The van der Waals surface area contributed by atoms with E-state index in [4.69, 9.17) is 0 Å². The van der Waals surface area contributed by atoms with Crippen LogP contribution in [0.3, 0.4) is 0 Å². The third-order valence-corrected chi connectivity index (χ3v) is 7.59. The molecule has 0 saturated heterocycles. The van der Waals surface area contributed by atoms with Crippen LogP contribution in [0.1, 0.15) is 54.1 Å². The molecule has 0 bridgehead atoms. The summed E-state index contributed by atoms with van der Waals surface area (Å²) >= 11 is 2.75. The Morgan fingerprint density at radius 3 is 2.64 bits per heavy atom. The van der Waals surface area contributed by atoms with Gasteiger partial charge in [0.25, 0.3) is 5.91 Å². The number of nitrogens with one attached hydrogen (secondary N) is 3. The van der Waals surface area contributed by atoms with E-state index in [1.165, 1.54) is 29.0 Å². The zero-order valence-corrected chi connectivity index (χ0v) is 21.7. The molecule has 0 fully saturated rings. The Labute approximate surface area is 216 Å². The maximum atomic E-state index is 12.3. The number of aromatic nitrogens is 3. The lowest BCUT2D eigenvalue weighted by molar-refractivity contribution is -0.118. The summed E-state index contributed by atoms with van der Waals surface area (Å²) in [6.45, 7) is 2.89. The first-order valence-corrected chi connectivity index (χ1v) is 13.3. The number of benzene rings is 1. The standard InChI is InChI=1S/C24H27N7O3S2/c1-15(32)26-23-19(18-10-6-7-11-20(18)36-23)12-21-27-29-24(31(21)30-16(2)33)35-14-22(34)28-25-13-17-8-4-3-5-9-17/h3-5,8-9,13H,6-7,10-12,14H2,1-2H3,(H,26,32)(H,28,34)(H,30,33)/b25-13+. The van der Waals surface area contributed by atoms with Crippen molar-refractivity contribution in [2.75, 3.05) is 16.5 Å². The summed E-state index contributed by atoms with van der Waals surface area (Å²) in [5.74, 6) is -0.173. The Morgan fingerprint density at radius 1 is 1.11 bits per heavy atom. The maximum absolute atomic E-state index is 12.3. The van der Waals surface area contributed by atoms with Gasteiger partial charge in [-0.1, -0.05) is 42.1 Å². The monoisotopic (exact) mass is 525 g/mol. The number of hydrazone groups is 1. The number of thioether (sulfide) groups is 1. The average molecular weight is 526 g/mol. The van der Waals surface area contributed by atoms with Gasteiger partial charge in [-0.25, -0.2) is 10.1 Å². The van der Waals surface area contributed by atoms with Crippen LogP contribution in [-0.4, -0.2) is 44.6 Å². The molecule has 36 heavy (non-hydrogen) atoms. The fourth-order valence-electron chi connectivity index (χ4n) is 3.90. The predicted octanol–water partition coefficient (Wildman–Crippen LogP) is 3.10. The van der Waals surface area contributed by atoms with Crippen LogP contribution in [0.15, 0.2) is 40.6 Å². The number of hydrogen-bond donors (Lipinski definition) is 3. The highest BCUT2D eigenvalue weighted by molar-refractivity contribution is 7.99. The Hall–Kier alpha value is -3.51. The Balaban J connectivity index is 1.49. The van der Waals surface area contributed by atoms with E-state index < -0.39 is 0 Å². The summed E-state index contributed by atoms with van der Waals surface area (Å²) in [6, 6.07) is 9.43. The minimum atomic E-state index is -0.314. The number of carbonyl (C=O) groups is 3. The quantitative estimate of drug-likeness (QED) is 0.224. The highest BCUT2D eigenvalue weighted by Crippen LogP contribution is 2.39. The largest absolute Gasteiger partial charge is 0.318 e. The van der Waals surface area contributed by atoms with Crippen molar-refractivity contribution in [2.45, 2.75) is 51.1 Å². The average Bonchev–Trinajstić information content (AvgIpc) is 3.38. The van der Waals surface area contributed by atoms with Crippen molar-refractivity contribution >= 4 is 52.0 Å². The van der Waals surface area contributed by atoms with Gasteiger partial charge in [0, 0.05) is 25.1 Å². The molecule has 0 spiro atoms. The number of thiophene rings is 1. The normalized spacial score (nSPS) is 12.8. The number of fused-ring (bicyclic) bond motifs is 1. The maximum Gasteiger partial charge on any atom is 0.250 e. The van der Waals surface area contributed by atoms with Crippen molar-refractivity contribution in [1.82, 2.24) is 20.3 Å². The third-order valence-electron chi connectivity index (χ3n) is 5.41. The third kappa shape index (κ3) is 6.58. The van der Waals surface area contributed by atoms with Gasteiger partial charge in [-0.15, -0.1) is 21.5 Å². The molecule has 188 valence electrons. The molecule has 12 heteroatoms. The topological polar surface area (TPSA) is 130 Å². The lowest BCUT2D eigenvalue weighted by Crippen LogP contribution is -2.24. The number of anilines is 1. The van der Waals surface area contributed by atoms with Gasteiger partial charge in [-0.3, -0.25) is 19.8 Å². The second-order valence-electron chi connectivity index (χ2n) is 8.27. The molecular formula is C24H27N7O3S2. The Bertz CT molecular complexity index is 1280. The van der Waals surface area contributed by atoms with Crippen molar-refractivity contribution in [3.05, 3.63) is 57.7 Å². The first-order chi connectivity index (χ1) is 17.4. The zero-order chi connectivity index (χ0) is 25.5. The van der Waals surface area contributed by atoms with E-state index in [0.29, 0.717) is 17.4 Å². The molecule has 1 aromatic carbocycles. The number of rotatable bonds is 9. The number of carbonyl (C=O) groups excluding carboxylic acids is 3. The minimum Gasteiger partial charge on any atom is -0.318 e. The summed E-state index contributed by atoms with van der Waals surface area (Å²) < 4.78 is 1.51. The second kappa shape index (κ2) is 12.0. The summed E-state index contributed by atoms with van der Waals surface area (Å²) in [4.78, 5) is 37.3. The molecule has 1 aliphatic carbocycles. The van der Waals surface area contributed by atoms with Gasteiger partial charge in [0.1, 0.15) is 0 Å². The fraction of sp³-hybridized carbons (Fsp3) is 0.333. The Morgan fingerprint density at radius 2 is 1.89 bits per heavy atom. The molecule has 0 unspecified atom stereocenters. The van der Waals surface area contributed by atoms with Crippen LogP contribution in [0.5, 0.6) is 0 Å². The minimum absolute atomic E-state index is 0.0365. The second-order valence-corrected chi connectivity index (χ2v) is 10.3.